The Balaban J connectivity index is 1.79. The number of nitrogens with one attached hydrogen (secondary N) is 1. The fourth-order valence-corrected chi connectivity index (χ4v) is 3.52. The molecule has 0 spiro atoms. The van der Waals surface area contributed by atoms with Crippen LogP contribution in [0.3, 0.4) is 0 Å². The topological polar surface area (TPSA) is 100 Å². The summed E-state index contributed by atoms with van der Waals surface area (Å²) in [6.07, 6.45) is 2.81. The highest BCUT2D eigenvalue weighted by Crippen LogP contribution is 2.18. The van der Waals surface area contributed by atoms with Crippen LogP contribution in [0.25, 0.3) is 11.3 Å². The molecule has 1 aromatic carbocycles. The van der Waals surface area contributed by atoms with Crippen molar-refractivity contribution in [3.63, 3.8) is 0 Å². The van der Waals surface area contributed by atoms with Crippen molar-refractivity contribution in [3.8, 4) is 11.3 Å². The first-order valence-electron chi connectivity index (χ1n) is 10.4. The number of amides is 2. The SMILES string of the molecule is Cn1nccc1-c1ccc(C(=O)NC(Cc2ccccc2)CN(C(=O)O)C(C)(C)C)nc1. The molecule has 0 saturated heterocycles. The Morgan fingerprint density at radius 3 is 2.38 bits per heavy atom. The first-order valence-corrected chi connectivity index (χ1v) is 10.4. The summed E-state index contributed by atoms with van der Waals surface area (Å²) in [5.74, 6) is -0.346. The average molecular weight is 436 g/mol. The molecule has 3 aromatic rings. The van der Waals surface area contributed by atoms with Gasteiger partial charge in [0.25, 0.3) is 5.91 Å². The molecule has 0 aliphatic rings. The molecule has 32 heavy (non-hydrogen) atoms. The zero-order valence-corrected chi connectivity index (χ0v) is 18.8. The van der Waals surface area contributed by atoms with Gasteiger partial charge < -0.3 is 15.3 Å². The highest BCUT2D eigenvalue weighted by Gasteiger charge is 2.29. The van der Waals surface area contributed by atoms with Crippen molar-refractivity contribution in [2.45, 2.75) is 38.8 Å². The second-order valence-corrected chi connectivity index (χ2v) is 8.70. The lowest BCUT2D eigenvalue weighted by molar-refractivity contribution is 0.0819. The van der Waals surface area contributed by atoms with Crippen LogP contribution in [0.5, 0.6) is 0 Å². The first-order chi connectivity index (χ1) is 15.1. The molecule has 2 amide bonds. The minimum atomic E-state index is -1.02. The van der Waals surface area contributed by atoms with Gasteiger partial charge in [-0.1, -0.05) is 30.3 Å². The summed E-state index contributed by atoms with van der Waals surface area (Å²) in [5, 5.41) is 16.8. The minimum Gasteiger partial charge on any atom is -0.465 e. The Kier molecular flexibility index (Phi) is 6.92. The maximum absolute atomic E-state index is 13.0. The molecule has 2 heterocycles. The van der Waals surface area contributed by atoms with E-state index in [1.807, 2.05) is 70.3 Å². The monoisotopic (exact) mass is 435 g/mol. The fraction of sp³-hybridized carbons (Fsp3) is 0.333. The lowest BCUT2D eigenvalue weighted by Crippen LogP contribution is -2.53. The van der Waals surface area contributed by atoms with E-state index in [-0.39, 0.29) is 18.1 Å². The smallest absolute Gasteiger partial charge is 0.407 e. The highest BCUT2D eigenvalue weighted by molar-refractivity contribution is 5.92. The van der Waals surface area contributed by atoms with Gasteiger partial charge >= 0.3 is 6.09 Å². The Morgan fingerprint density at radius 2 is 1.84 bits per heavy atom. The summed E-state index contributed by atoms with van der Waals surface area (Å²) in [6.45, 7) is 5.66. The number of carbonyl (C=O) groups is 2. The molecule has 2 N–H and O–H groups in total. The number of benzene rings is 1. The Labute approximate surface area is 187 Å². The van der Waals surface area contributed by atoms with E-state index >= 15 is 0 Å². The van der Waals surface area contributed by atoms with Gasteiger partial charge in [-0.15, -0.1) is 0 Å². The Bertz CT molecular complexity index is 1060. The number of carboxylic acid groups (broad SMARTS) is 1. The van der Waals surface area contributed by atoms with Crippen LogP contribution in [0.4, 0.5) is 4.79 Å². The van der Waals surface area contributed by atoms with E-state index < -0.39 is 17.7 Å². The summed E-state index contributed by atoms with van der Waals surface area (Å²) in [6, 6.07) is 14.6. The highest BCUT2D eigenvalue weighted by atomic mass is 16.4. The quantitative estimate of drug-likeness (QED) is 0.591. The molecule has 0 fully saturated rings. The summed E-state index contributed by atoms with van der Waals surface area (Å²) in [4.78, 5) is 30.5. The van der Waals surface area contributed by atoms with Crippen LogP contribution in [-0.2, 0) is 13.5 Å². The van der Waals surface area contributed by atoms with Gasteiger partial charge in [-0.3, -0.25) is 14.5 Å². The van der Waals surface area contributed by atoms with Crippen LogP contribution in [0.2, 0.25) is 0 Å². The van der Waals surface area contributed by atoms with Crippen LogP contribution in [-0.4, -0.2) is 54.9 Å². The fourth-order valence-electron chi connectivity index (χ4n) is 3.52. The standard InChI is InChI=1S/C24H29N5O3/c1-24(2,3)29(23(31)32)16-19(14-17-8-6-5-7-9-17)27-22(30)20-11-10-18(15-25-20)21-12-13-26-28(21)4/h5-13,15,19H,14,16H2,1-4H3,(H,27,30)(H,31,32). The van der Waals surface area contributed by atoms with E-state index in [0.717, 1.165) is 16.8 Å². The maximum atomic E-state index is 13.0. The first kappa shape index (κ1) is 23.0. The lowest BCUT2D eigenvalue weighted by Gasteiger charge is -2.36. The molecule has 0 aliphatic carbocycles. The van der Waals surface area contributed by atoms with Gasteiger partial charge in [-0.25, -0.2) is 4.79 Å². The van der Waals surface area contributed by atoms with Crippen LogP contribution in [0, 0.1) is 0 Å². The number of rotatable bonds is 7. The van der Waals surface area contributed by atoms with Gasteiger partial charge in [0.05, 0.1) is 11.7 Å². The minimum absolute atomic E-state index is 0.159. The number of hydrogen-bond donors (Lipinski definition) is 2. The number of nitrogens with zero attached hydrogens (tertiary/aromatic N) is 4. The molecule has 168 valence electrons. The molecular weight excluding hydrogens is 406 g/mol. The third-order valence-corrected chi connectivity index (χ3v) is 5.22. The second kappa shape index (κ2) is 9.64. The van der Waals surface area contributed by atoms with E-state index in [9.17, 15) is 14.7 Å². The number of pyridine rings is 1. The van der Waals surface area contributed by atoms with Crippen molar-refractivity contribution < 1.29 is 14.7 Å². The van der Waals surface area contributed by atoms with Crippen molar-refractivity contribution in [2.75, 3.05) is 6.54 Å². The van der Waals surface area contributed by atoms with E-state index in [0.29, 0.717) is 6.42 Å². The van der Waals surface area contributed by atoms with Crippen molar-refractivity contribution in [1.82, 2.24) is 25.0 Å². The molecule has 2 aromatic heterocycles. The largest absolute Gasteiger partial charge is 0.465 e. The molecule has 1 atom stereocenters. The summed E-state index contributed by atoms with van der Waals surface area (Å²) >= 11 is 0. The van der Waals surface area contributed by atoms with Gasteiger partial charge in [-0.05, 0) is 51.0 Å². The van der Waals surface area contributed by atoms with Crippen molar-refractivity contribution in [3.05, 3.63) is 72.2 Å². The lowest BCUT2D eigenvalue weighted by atomic mass is 10.0. The molecule has 0 saturated carbocycles. The van der Waals surface area contributed by atoms with Crippen LogP contribution in [0.15, 0.2) is 60.9 Å². The van der Waals surface area contributed by atoms with Crippen molar-refractivity contribution in [1.29, 1.82) is 0 Å². The third-order valence-electron chi connectivity index (χ3n) is 5.22. The third kappa shape index (κ3) is 5.72. The van der Waals surface area contributed by atoms with E-state index in [1.54, 1.807) is 23.1 Å². The normalized spacial score (nSPS) is 12.2. The molecule has 0 bridgehead atoms. The molecule has 0 radical (unpaired) electrons. The molecule has 3 rings (SSSR count). The van der Waals surface area contributed by atoms with Gasteiger partial charge in [-0.2, -0.15) is 5.10 Å². The zero-order valence-electron chi connectivity index (χ0n) is 18.8. The summed E-state index contributed by atoms with van der Waals surface area (Å²) < 4.78 is 1.74. The average Bonchev–Trinajstić information content (AvgIpc) is 3.17. The van der Waals surface area contributed by atoms with Gasteiger partial charge in [0, 0.05) is 37.1 Å². The predicted octanol–water partition coefficient (Wildman–Crippen LogP) is 3.60. The Hall–Kier alpha value is -3.68. The van der Waals surface area contributed by atoms with Gasteiger partial charge in [0.15, 0.2) is 0 Å². The molecule has 1 unspecified atom stereocenters. The number of aryl methyl sites for hydroxylation is 1. The maximum Gasteiger partial charge on any atom is 0.407 e. The van der Waals surface area contributed by atoms with E-state index in [2.05, 4.69) is 15.4 Å². The number of hydrogen-bond acceptors (Lipinski definition) is 4. The molecule has 0 aliphatic heterocycles. The number of carbonyl (C=O) groups excluding carboxylic acids is 1. The molecule has 8 nitrogen and oxygen atoms in total. The number of aromatic nitrogens is 3. The van der Waals surface area contributed by atoms with E-state index in [1.165, 1.54) is 4.90 Å². The second-order valence-electron chi connectivity index (χ2n) is 8.70. The van der Waals surface area contributed by atoms with E-state index in [4.69, 9.17) is 0 Å². The summed E-state index contributed by atoms with van der Waals surface area (Å²) in [5.41, 5.74) is 2.43. The van der Waals surface area contributed by atoms with Crippen LogP contribution in [0.1, 0.15) is 36.8 Å². The van der Waals surface area contributed by atoms with Gasteiger partial charge in [0.2, 0.25) is 0 Å². The Morgan fingerprint density at radius 1 is 1.12 bits per heavy atom. The van der Waals surface area contributed by atoms with Crippen molar-refractivity contribution in [2.24, 2.45) is 7.05 Å². The van der Waals surface area contributed by atoms with Crippen molar-refractivity contribution >= 4 is 12.0 Å². The summed E-state index contributed by atoms with van der Waals surface area (Å²) in [7, 11) is 1.84. The van der Waals surface area contributed by atoms with Gasteiger partial charge in [0.1, 0.15) is 5.69 Å². The zero-order chi connectivity index (χ0) is 23.3. The molecule has 8 heteroatoms. The predicted molar refractivity (Wildman–Crippen MR) is 122 cm³/mol. The van der Waals surface area contributed by atoms with Crippen LogP contribution >= 0.6 is 0 Å². The van der Waals surface area contributed by atoms with Crippen LogP contribution < -0.4 is 5.32 Å². The molecular formula is C24H29N5O3.